The van der Waals surface area contributed by atoms with Crippen LogP contribution in [-0.4, -0.2) is 13.4 Å². The van der Waals surface area contributed by atoms with Crippen molar-refractivity contribution in [2.45, 2.75) is 9.79 Å². The predicted molar refractivity (Wildman–Crippen MR) is 88.3 cm³/mol. The lowest BCUT2D eigenvalue weighted by molar-refractivity contribution is 0.594. The van der Waals surface area contributed by atoms with Crippen LogP contribution in [0.5, 0.6) is 0 Å². The van der Waals surface area contributed by atoms with E-state index >= 15 is 0 Å². The summed E-state index contributed by atoms with van der Waals surface area (Å²) in [6.45, 7) is 0. The van der Waals surface area contributed by atoms with Crippen molar-refractivity contribution in [2.24, 2.45) is 0 Å². The molecule has 2 aromatic carbocycles. The highest BCUT2D eigenvalue weighted by Crippen LogP contribution is 2.33. The molecule has 3 aromatic rings. The maximum absolute atomic E-state index is 13.3. The van der Waals surface area contributed by atoms with Gasteiger partial charge in [-0.25, -0.2) is 12.8 Å². The second-order valence-corrected chi connectivity index (χ2v) is 7.56. The van der Waals surface area contributed by atoms with Crippen LogP contribution in [0, 0.1) is 17.1 Å². The van der Waals surface area contributed by atoms with Gasteiger partial charge in [0.2, 0.25) is 9.84 Å². The van der Waals surface area contributed by atoms with E-state index in [1.165, 1.54) is 6.07 Å². The number of nitriles is 1. The second kappa shape index (κ2) is 6.02. The van der Waals surface area contributed by atoms with Crippen LogP contribution in [0.1, 0.15) is 5.56 Å². The number of sulfone groups is 1. The SMILES string of the molecule is N#Cc1ccc2ncc(S(=O)(=O)c3ccc(F)c(Cl)c3)c(Cl)c2c1. The largest absolute Gasteiger partial charge is 0.255 e. The van der Waals surface area contributed by atoms with Crippen LogP contribution in [0.3, 0.4) is 0 Å². The molecular weight excluding hydrogens is 374 g/mol. The van der Waals surface area contributed by atoms with Gasteiger partial charge in [0.05, 0.1) is 32.1 Å². The normalized spacial score (nSPS) is 11.4. The van der Waals surface area contributed by atoms with Crippen molar-refractivity contribution in [3.8, 4) is 6.07 Å². The van der Waals surface area contributed by atoms with E-state index in [1.807, 2.05) is 6.07 Å². The lowest BCUT2D eigenvalue weighted by atomic mass is 10.1. The number of hydrogen-bond donors (Lipinski definition) is 0. The number of benzene rings is 2. The molecule has 0 atom stereocenters. The summed E-state index contributed by atoms with van der Waals surface area (Å²) in [7, 11) is -4.05. The van der Waals surface area contributed by atoms with Crippen molar-refractivity contribution in [2.75, 3.05) is 0 Å². The van der Waals surface area contributed by atoms with Gasteiger partial charge >= 0.3 is 0 Å². The van der Waals surface area contributed by atoms with E-state index in [0.29, 0.717) is 16.5 Å². The average Bonchev–Trinajstić information content (AvgIpc) is 2.57. The molecule has 0 bridgehead atoms. The van der Waals surface area contributed by atoms with E-state index < -0.39 is 15.7 Å². The van der Waals surface area contributed by atoms with Crippen molar-refractivity contribution in [3.05, 3.63) is 64.0 Å². The Bertz CT molecular complexity index is 1120. The van der Waals surface area contributed by atoms with E-state index in [2.05, 4.69) is 4.98 Å². The molecule has 3 rings (SSSR count). The summed E-state index contributed by atoms with van der Waals surface area (Å²) >= 11 is 11.9. The van der Waals surface area contributed by atoms with E-state index in [-0.39, 0.29) is 19.8 Å². The minimum atomic E-state index is -4.05. The van der Waals surface area contributed by atoms with Gasteiger partial charge in [-0.3, -0.25) is 4.98 Å². The van der Waals surface area contributed by atoms with Crippen LogP contribution >= 0.6 is 23.2 Å². The van der Waals surface area contributed by atoms with Crippen molar-refractivity contribution < 1.29 is 12.8 Å². The molecule has 24 heavy (non-hydrogen) atoms. The first-order valence-electron chi connectivity index (χ1n) is 6.53. The van der Waals surface area contributed by atoms with Crippen molar-refractivity contribution in [3.63, 3.8) is 0 Å². The molecule has 1 aromatic heterocycles. The van der Waals surface area contributed by atoms with Gasteiger partial charge in [0.25, 0.3) is 0 Å². The third-order valence-electron chi connectivity index (χ3n) is 3.39. The van der Waals surface area contributed by atoms with E-state index in [0.717, 1.165) is 24.4 Å². The summed E-state index contributed by atoms with van der Waals surface area (Å²) in [5.41, 5.74) is 0.778. The second-order valence-electron chi connectivity index (χ2n) is 4.86. The maximum atomic E-state index is 13.3. The number of nitrogens with zero attached hydrogens (tertiary/aromatic N) is 2. The predicted octanol–water partition coefficient (Wildman–Crippen LogP) is 4.39. The molecule has 0 aliphatic heterocycles. The molecule has 0 saturated heterocycles. The summed E-state index contributed by atoms with van der Waals surface area (Å²) in [6.07, 6.45) is 1.13. The number of hydrogen-bond acceptors (Lipinski definition) is 4. The average molecular weight is 381 g/mol. The number of rotatable bonds is 2. The molecule has 0 spiro atoms. The highest BCUT2D eigenvalue weighted by atomic mass is 35.5. The van der Waals surface area contributed by atoms with E-state index in [9.17, 15) is 12.8 Å². The Kier molecular flexibility index (Phi) is 4.18. The van der Waals surface area contributed by atoms with Gasteiger partial charge in [0.1, 0.15) is 10.7 Å². The van der Waals surface area contributed by atoms with Gasteiger partial charge in [0.15, 0.2) is 0 Å². The molecule has 0 amide bonds. The maximum Gasteiger partial charge on any atom is 0.209 e. The van der Waals surface area contributed by atoms with Gasteiger partial charge in [-0.2, -0.15) is 5.26 Å². The first kappa shape index (κ1) is 16.7. The molecular formula is C16H7Cl2FN2O2S. The van der Waals surface area contributed by atoms with Crippen LogP contribution < -0.4 is 0 Å². The molecule has 1 heterocycles. The third kappa shape index (κ3) is 2.71. The summed E-state index contributed by atoms with van der Waals surface area (Å²) < 4.78 is 38.8. The van der Waals surface area contributed by atoms with Gasteiger partial charge in [-0.05, 0) is 36.4 Å². The zero-order chi connectivity index (χ0) is 17.5. The Morgan fingerprint density at radius 3 is 2.54 bits per heavy atom. The Balaban J connectivity index is 2.26. The summed E-state index contributed by atoms with van der Waals surface area (Å²) in [5.74, 6) is -0.725. The summed E-state index contributed by atoms with van der Waals surface area (Å²) in [5, 5.41) is 8.94. The van der Waals surface area contributed by atoms with Crippen LogP contribution in [0.25, 0.3) is 10.9 Å². The first-order chi connectivity index (χ1) is 11.3. The molecule has 8 heteroatoms. The Labute approximate surface area is 147 Å². The molecule has 120 valence electrons. The Hall–Kier alpha value is -2.20. The minimum Gasteiger partial charge on any atom is -0.255 e. The highest BCUT2D eigenvalue weighted by Gasteiger charge is 2.24. The van der Waals surface area contributed by atoms with E-state index in [1.54, 1.807) is 12.1 Å². The third-order valence-corrected chi connectivity index (χ3v) is 5.96. The number of aromatic nitrogens is 1. The molecule has 0 N–H and O–H groups in total. The summed E-state index contributed by atoms with van der Waals surface area (Å²) in [6, 6.07) is 9.62. The van der Waals surface area contributed by atoms with Crippen molar-refractivity contribution in [1.29, 1.82) is 5.26 Å². The number of fused-ring (bicyclic) bond motifs is 1. The van der Waals surface area contributed by atoms with Crippen LogP contribution in [-0.2, 0) is 9.84 Å². The van der Waals surface area contributed by atoms with Crippen LogP contribution in [0.2, 0.25) is 10.0 Å². The molecule has 0 saturated carbocycles. The quantitative estimate of drug-likeness (QED) is 0.618. The lowest BCUT2D eigenvalue weighted by Gasteiger charge is -2.09. The molecule has 0 radical (unpaired) electrons. The number of pyridine rings is 1. The van der Waals surface area contributed by atoms with Crippen LogP contribution in [0.15, 0.2) is 52.4 Å². The Morgan fingerprint density at radius 2 is 1.88 bits per heavy atom. The van der Waals surface area contributed by atoms with Crippen molar-refractivity contribution >= 4 is 43.9 Å². The van der Waals surface area contributed by atoms with Crippen LogP contribution in [0.4, 0.5) is 4.39 Å². The molecule has 0 aliphatic carbocycles. The fourth-order valence-corrected chi connectivity index (χ4v) is 4.23. The zero-order valence-electron chi connectivity index (χ0n) is 11.8. The van der Waals surface area contributed by atoms with Gasteiger partial charge < -0.3 is 0 Å². The van der Waals surface area contributed by atoms with Gasteiger partial charge in [0, 0.05) is 11.6 Å². The molecule has 0 fully saturated rings. The molecule has 4 nitrogen and oxygen atoms in total. The first-order valence-corrected chi connectivity index (χ1v) is 8.77. The fraction of sp³-hybridized carbons (Fsp3) is 0. The van der Waals surface area contributed by atoms with Gasteiger partial charge in [-0.15, -0.1) is 0 Å². The Morgan fingerprint density at radius 1 is 1.12 bits per heavy atom. The van der Waals surface area contributed by atoms with Gasteiger partial charge in [-0.1, -0.05) is 23.2 Å². The minimum absolute atomic E-state index is 0.0578. The standard InChI is InChI=1S/C16H7Cl2FN2O2S/c17-12-6-10(2-3-13(12)19)24(22,23)15-8-21-14-4-1-9(7-20)5-11(14)16(15)18/h1-6,8H. The zero-order valence-corrected chi connectivity index (χ0v) is 14.1. The topological polar surface area (TPSA) is 70.8 Å². The number of halogens is 3. The van der Waals surface area contributed by atoms with Crippen molar-refractivity contribution in [1.82, 2.24) is 4.98 Å². The smallest absolute Gasteiger partial charge is 0.209 e. The highest BCUT2D eigenvalue weighted by molar-refractivity contribution is 7.91. The molecule has 0 aliphatic rings. The lowest BCUT2D eigenvalue weighted by Crippen LogP contribution is -2.04. The fourth-order valence-electron chi connectivity index (χ4n) is 2.17. The molecule has 0 unspecified atom stereocenters. The summed E-state index contributed by atoms with van der Waals surface area (Å²) in [4.78, 5) is 3.63. The monoisotopic (exact) mass is 380 g/mol. The van der Waals surface area contributed by atoms with E-state index in [4.69, 9.17) is 28.5 Å².